The minimum absolute atomic E-state index is 0.124. The smallest absolute Gasteiger partial charge is 0.379 e. The van der Waals surface area contributed by atoms with Crippen molar-refractivity contribution >= 4 is 17.7 Å². The number of methoxy groups -OCH3 is 1. The van der Waals surface area contributed by atoms with Crippen LogP contribution in [0.5, 0.6) is 5.75 Å². The summed E-state index contributed by atoms with van der Waals surface area (Å²) in [5, 5.41) is 0. The molecule has 0 N–H and O–H groups in total. The molecule has 0 amide bonds. The highest BCUT2D eigenvalue weighted by Crippen LogP contribution is 2.12. The third-order valence-electron chi connectivity index (χ3n) is 2.47. The van der Waals surface area contributed by atoms with Crippen molar-refractivity contribution in [2.24, 2.45) is 0 Å². The molecule has 0 saturated heterocycles. The average molecular weight is 336 g/mol. The number of benzene rings is 1. The Kier molecular flexibility index (Phi) is 8.33. The summed E-state index contributed by atoms with van der Waals surface area (Å²) in [5.41, 5.74) is 0.185. The molecule has 0 aromatic heterocycles. The molecule has 24 heavy (non-hydrogen) atoms. The van der Waals surface area contributed by atoms with Gasteiger partial charge in [0.25, 0.3) is 5.78 Å². The quantitative estimate of drug-likeness (QED) is 0.0928. The van der Waals surface area contributed by atoms with E-state index < -0.39 is 17.7 Å². The van der Waals surface area contributed by atoms with E-state index in [1.54, 1.807) is 12.1 Å². The molecule has 128 valence electrons. The molecule has 0 aliphatic carbocycles. The standard InChI is InChI=1S/C16H16O8/c1-3-14(17)21-8-10-23-24-11-9-22-16(19)15(18)12-4-6-13(20-2)7-5-12/h3-8,10H,1,9,11H2,2H3/b10-8+. The van der Waals surface area contributed by atoms with E-state index in [1.807, 2.05) is 0 Å². The number of Topliss-reactive ketones (excluding diaryl/α,β-unsaturated/α-hetero) is 1. The fraction of sp³-hybridized carbons (Fsp3) is 0.188. The van der Waals surface area contributed by atoms with Gasteiger partial charge >= 0.3 is 11.9 Å². The number of esters is 2. The van der Waals surface area contributed by atoms with E-state index in [-0.39, 0.29) is 18.8 Å². The van der Waals surface area contributed by atoms with Crippen LogP contribution in [-0.2, 0) is 28.8 Å². The molecule has 0 heterocycles. The lowest BCUT2D eigenvalue weighted by molar-refractivity contribution is -0.255. The Bertz CT molecular complexity index is 603. The molecule has 0 atom stereocenters. The monoisotopic (exact) mass is 336 g/mol. The number of carbonyl (C=O) groups is 3. The fourth-order valence-corrected chi connectivity index (χ4v) is 1.35. The van der Waals surface area contributed by atoms with Crippen molar-refractivity contribution in [1.82, 2.24) is 0 Å². The maximum atomic E-state index is 11.8. The summed E-state index contributed by atoms with van der Waals surface area (Å²) < 4.78 is 14.1. The number of hydrogen-bond donors (Lipinski definition) is 0. The van der Waals surface area contributed by atoms with Gasteiger partial charge in [-0.3, -0.25) is 4.79 Å². The van der Waals surface area contributed by atoms with Crippen LogP contribution in [0.15, 0.2) is 49.4 Å². The summed E-state index contributed by atoms with van der Waals surface area (Å²) in [5.74, 6) is -1.88. The average Bonchev–Trinajstić information content (AvgIpc) is 2.62. The Morgan fingerprint density at radius 2 is 1.79 bits per heavy atom. The van der Waals surface area contributed by atoms with Gasteiger partial charge in [0.2, 0.25) is 0 Å². The van der Waals surface area contributed by atoms with Gasteiger partial charge in [0.05, 0.1) is 7.11 Å². The highest BCUT2D eigenvalue weighted by Gasteiger charge is 2.17. The Labute approximate surface area is 138 Å². The summed E-state index contributed by atoms with van der Waals surface area (Å²) in [4.78, 5) is 43.1. The zero-order chi connectivity index (χ0) is 17.8. The number of ketones is 1. The number of rotatable bonds is 10. The Balaban J connectivity index is 2.22. The molecule has 1 aromatic carbocycles. The van der Waals surface area contributed by atoms with E-state index in [2.05, 4.69) is 21.1 Å². The van der Waals surface area contributed by atoms with E-state index in [1.165, 1.54) is 19.2 Å². The molecule has 0 spiro atoms. The fourth-order valence-electron chi connectivity index (χ4n) is 1.35. The zero-order valence-electron chi connectivity index (χ0n) is 12.9. The SMILES string of the molecule is C=CC(=O)O/C=C/OOCCOC(=O)C(=O)c1ccc(OC)cc1. The molecular formula is C16H16O8. The molecule has 1 rings (SSSR count). The second-order valence-electron chi connectivity index (χ2n) is 4.02. The van der Waals surface area contributed by atoms with Gasteiger partial charge < -0.3 is 19.1 Å². The first kappa shape index (κ1) is 18.9. The number of carbonyl (C=O) groups excluding carboxylic acids is 3. The van der Waals surface area contributed by atoms with E-state index >= 15 is 0 Å². The van der Waals surface area contributed by atoms with Crippen molar-refractivity contribution in [3.05, 3.63) is 55.0 Å². The van der Waals surface area contributed by atoms with Crippen LogP contribution >= 0.6 is 0 Å². The van der Waals surface area contributed by atoms with E-state index in [0.29, 0.717) is 5.75 Å². The molecule has 0 unspecified atom stereocenters. The number of hydrogen-bond acceptors (Lipinski definition) is 8. The predicted molar refractivity (Wildman–Crippen MR) is 80.7 cm³/mol. The largest absolute Gasteiger partial charge is 0.497 e. The van der Waals surface area contributed by atoms with Crippen molar-refractivity contribution < 1.29 is 38.4 Å². The van der Waals surface area contributed by atoms with Crippen LogP contribution in [-0.4, -0.2) is 38.0 Å². The minimum Gasteiger partial charge on any atom is -0.497 e. The van der Waals surface area contributed by atoms with Crippen molar-refractivity contribution in [1.29, 1.82) is 0 Å². The predicted octanol–water partition coefficient (Wildman–Crippen LogP) is 1.57. The Morgan fingerprint density at radius 3 is 2.42 bits per heavy atom. The minimum atomic E-state index is -1.01. The molecule has 8 heteroatoms. The van der Waals surface area contributed by atoms with Crippen molar-refractivity contribution in [3.8, 4) is 5.75 Å². The van der Waals surface area contributed by atoms with Gasteiger partial charge in [0.15, 0.2) is 6.26 Å². The molecule has 0 bridgehead atoms. The lowest BCUT2D eigenvalue weighted by atomic mass is 10.1. The second-order valence-corrected chi connectivity index (χ2v) is 4.02. The highest BCUT2D eigenvalue weighted by molar-refractivity contribution is 6.40. The molecule has 0 radical (unpaired) electrons. The first-order chi connectivity index (χ1) is 11.6. The maximum Gasteiger partial charge on any atom is 0.379 e. The van der Waals surface area contributed by atoms with E-state index in [0.717, 1.165) is 18.6 Å². The number of ether oxygens (including phenoxy) is 3. The van der Waals surface area contributed by atoms with Crippen LogP contribution in [0.2, 0.25) is 0 Å². The van der Waals surface area contributed by atoms with Crippen LogP contribution in [0.4, 0.5) is 0 Å². The van der Waals surface area contributed by atoms with Gasteiger partial charge in [0, 0.05) is 11.6 Å². The van der Waals surface area contributed by atoms with Crippen molar-refractivity contribution in [2.75, 3.05) is 20.3 Å². The van der Waals surface area contributed by atoms with Crippen molar-refractivity contribution in [3.63, 3.8) is 0 Å². The normalized spacial score (nSPS) is 10.0. The van der Waals surface area contributed by atoms with E-state index in [4.69, 9.17) is 9.47 Å². The van der Waals surface area contributed by atoms with Gasteiger partial charge in [-0.05, 0) is 24.3 Å². The zero-order valence-corrected chi connectivity index (χ0v) is 12.9. The van der Waals surface area contributed by atoms with E-state index in [9.17, 15) is 14.4 Å². The Morgan fingerprint density at radius 1 is 1.08 bits per heavy atom. The highest BCUT2D eigenvalue weighted by atomic mass is 17.2. The second kappa shape index (κ2) is 10.6. The summed E-state index contributed by atoms with van der Waals surface area (Å²) in [6, 6.07) is 6.03. The lowest BCUT2D eigenvalue weighted by Gasteiger charge is -2.04. The van der Waals surface area contributed by atoms with Gasteiger partial charge in [-0.2, -0.15) is 4.89 Å². The van der Waals surface area contributed by atoms with Gasteiger partial charge in [-0.1, -0.05) is 6.58 Å². The van der Waals surface area contributed by atoms with Gasteiger partial charge in [-0.15, -0.1) is 0 Å². The summed E-state index contributed by atoms with van der Waals surface area (Å²) >= 11 is 0. The Hall–Kier alpha value is -3.13. The molecule has 0 saturated carbocycles. The van der Waals surface area contributed by atoms with Crippen LogP contribution in [0.25, 0.3) is 0 Å². The maximum absolute atomic E-state index is 11.8. The molecule has 0 fully saturated rings. The third kappa shape index (κ3) is 6.75. The molecule has 0 aliphatic rings. The summed E-state index contributed by atoms with van der Waals surface area (Å²) in [6.07, 6.45) is 2.89. The lowest BCUT2D eigenvalue weighted by Crippen LogP contribution is -2.19. The van der Waals surface area contributed by atoms with Crippen molar-refractivity contribution in [2.45, 2.75) is 0 Å². The molecule has 0 aliphatic heterocycles. The molecular weight excluding hydrogens is 320 g/mol. The molecule has 1 aromatic rings. The van der Waals surface area contributed by atoms with Crippen LogP contribution < -0.4 is 4.74 Å². The first-order valence-corrected chi connectivity index (χ1v) is 6.70. The summed E-state index contributed by atoms with van der Waals surface area (Å²) in [7, 11) is 1.49. The summed E-state index contributed by atoms with van der Waals surface area (Å²) in [6.45, 7) is 2.88. The van der Waals surface area contributed by atoms with Crippen LogP contribution in [0.3, 0.4) is 0 Å². The van der Waals surface area contributed by atoms with Crippen LogP contribution in [0.1, 0.15) is 10.4 Å². The third-order valence-corrected chi connectivity index (χ3v) is 2.47. The van der Waals surface area contributed by atoms with Gasteiger partial charge in [0.1, 0.15) is 25.2 Å². The topological polar surface area (TPSA) is 97.4 Å². The van der Waals surface area contributed by atoms with Gasteiger partial charge in [-0.25, -0.2) is 9.59 Å². The molecule has 8 nitrogen and oxygen atoms in total. The first-order valence-electron chi connectivity index (χ1n) is 6.70. The van der Waals surface area contributed by atoms with Crippen LogP contribution in [0, 0.1) is 0 Å².